The van der Waals surface area contributed by atoms with Gasteiger partial charge in [0.15, 0.2) is 5.82 Å². The van der Waals surface area contributed by atoms with Crippen molar-refractivity contribution in [3.63, 3.8) is 0 Å². The summed E-state index contributed by atoms with van der Waals surface area (Å²) in [6.07, 6.45) is 10.4. The number of pyridine rings is 1. The number of hydrogen-bond donors (Lipinski definition) is 2. The Morgan fingerprint density at radius 2 is 2.17 bits per heavy atom. The molecule has 1 aliphatic rings. The van der Waals surface area contributed by atoms with E-state index in [1.165, 1.54) is 12.0 Å². The number of nitrogen functional groups attached to an aromatic ring is 1. The van der Waals surface area contributed by atoms with Crippen LogP contribution in [0.3, 0.4) is 0 Å². The molecule has 0 radical (unpaired) electrons. The van der Waals surface area contributed by atoms with Crippen molar-refractivity contribution in [2.45, 2.75) is 71.3 Å². The third kappa shape index (κ3) is 4.26. The van der Waals surface area contributed by atoms with Crippen LogP contribution in [-0.4, -0.2) is 36.0 Å². The molecule has 1 aliphatic heterocycles. The molecule has 3 N–H and O–H groups in total. The van der Waals surface area contributed by atoms with Gasteiger partial charge >= 0.3 is 0 Å². The van der Waals surface area contributed by atoms with Crippen LogP contribution in [0.5, 0.6) is 0 Å². The van der Waals surface area contributed by atoms with Crippen molar-refractivity contribution in [3.05, 3.63) is 11.3 Å². The molecule has 2 heterocycles. The fraction of sp³-hybridized carbons (Fsp3) is 0.684. The Labute approximate surface area is 146 Å². The van der Waals surface area contributed by atoms with Crippen LogP contribution in [0, 0.1) is 6.92 Å². The zero-order valence-corrected chi connectivity index (χ0v) is 15.4. The molecule has 24 heavy (non-hydrogen) atoms. The van der Waals surface area contributed by atoms with Gasteiger partial charge < -0.3 is 15.7 Å². The smallest absolute Gasteiger partial charge is 0.151 e. The molecular weight excluding hydrogens is 300 g/mol. The van der Waals surface area contributed by atoms with Crippen LogP contribution >= 0.6 is 0 Å². The molecule has 0 amide bonds. The maximum absolute atomic E-state index is 9.02. The number of unbranched alkanes of at least 4 members (excludes halogenated alkanes) is 3. The van der Waals surface area contributed by atoms with E-state index in [-0.39, 0.29) is 6.61 Å². The molecule has 0 spiro atoms. The minimum Gasteiger partial charge on any atom is -0.396 e. The van der Waals surface area contributed by atoms with Gasteiger partial charge in [0.1, 0.15) is 5.69 Å². The molecule has 1 atom stereocenters. The molecule has 2 rings (SSSR count). The van der Waals surface area contributed by atoms with E-state index in [2.05, 4.69) is 28.8 Å². The van der Waals surface area contributed by atoms with Gasteiger partial charge in [-0.2, -0.15) is 0 Å². The van der Waals surface area contributed by atoms with Gasteiger partial charge in [-0.05, 0) is 57.4 Å². The lowest BCUT2D eigenvalue weighted by molar-refractivity contribution is 0.280. The zero-order chi connectivity index (χ0) is 17.5. The normalized spacial score (nSPS) is 17.5. The van der Waals surface area contributed by atoms with Gasteiger partial charge in [0, 0.05) is 31.6 Å². The average molecular weight is 332 g/mol. The Morgan fingerprint density at radius 1 is 1.38 bits per heavy atom. The van der Waals surface area contributed by atoms with E-state index in [1.807, 2.05) is 13.1 Å². The topological polar surface area (TPSA) is 74.7 Å². The highest BCUT2D eigenvalue weighted by atomic mass is 16.2. The second kappa shape index (κ2) is 9.02. The second-order valence-corrected chi connectivity index (χ2v) is 6.73. The first-order chi connectivity index (χ1) is 11.6. The highest BCUT2D eigenvalue weighted by Gasteiger charge is 2.28. The molecule has 1 aromatic heterocycles. The summed E-state index contributed by atoms with van der Waals surface area (Å²) in [5.74, 6) is 0.529. The van der Waals surface area contributed by atoms with Crippen LogP contribution in [0.1, 0.15) is 63.1 Å². The number of aliphatic imine (C=N–C) groups is 1. The van der Waals surface area contributed by atoms with Gasteiger partial charge in [-0.1, -0.05) is 13.3 Å². The zero-order valence-electron chi connectivity index (χ0n) is 15.4. The summed E-state index contributed by atoms with van der Waals surface area (Å²) >= 11 is 0. The van der Waals surface area contributed by atoms with Crippen molar-refractivity contribution >= 4 is 23.4 Å². The van der Waals surface area contributed by atoms with Crippen molar-refractivity contribution in [2.75, 3.05) is 24.3 Å². The molecule has 0 bridgehead atoms. The number of rotatable bonds is 8. The lowest BCUT2D eigenvalue weighted by atomic mass is 9.92. The molecular formula is C19H32N4O. The number of aliphatic hydroxyl groups is 1. The number of nitrogens with two attached hydrogens (primary N) is 1. The van der Waals surface area contributed by atoms with Crippen molar-refractivity contribution in [1.82, 2.24) is 4.98 Å². The van der Waals surface area contributed by atoms with Crippen LogP contribution in [0.4, 0.5) is 17.2 Å². The number of hydrogen-bond acceptors (Lipinski definition) is 5. The second-order valence-electron chi connectivity index (χ2n) is 6.73. The Kier molecular flexibility index (Phi) is 7.03. The summed E-state index contributed by atoms with van der Waals surface area (Å²) in [6.45, 7) is 4.50. The molecule has 5 heteroatoms. The van der Waals surface area contributed by atoms with Gasteiger partial charge in [0.25, 0.3) is 0 Å². The van der Waals surface area contributed by atoms with E-state index in [0.29, 0.717) is 11.9 Å². The van der Waals surface area contributed by atoms with Gasteiger partial charge in [-0.25, -0.2) is 4.98 Å². The van der Waals surface area contributed by atoms with Gasteiger partial charge in [-0.15, -0.1) is 0 Å². The third-order valence-corrected chi connectivity index (χ3v) is 4.96. The lowest BCUT2D eigenvalue weighted by Gasteiger charge is -2.37. The van der Waals surface area contributed by atoms with E-state index in [0.717, 1.165) is 62.0 Å². The number of aliphatic hydroxyl groups excluding tert-OH is 1. The first-order valence-electron chi connectivity index (χ1n) is 9.25. The fourth-order valence-electron chi connectivity index (χ4n) is 3.51. The molecule has 0 aromatic carbocycles. The molecule has 1 unspecified atom stereocenters. The quantitative estimate of drug-likeness (QED) is 0.561. The van der Waals surface area contributed by atoms with E-state index in [4.69, 9.17) is 10.8 Å². The molecule has 0 saturated heterocycles. The Bertz CT molecular complexity index is 571. The number of anilines is 2. The summed E-state index contributed by atoms with van der Waals surface area (Å²) in [5.41, 5.74) is 10.5. The first kappa shape index (κ1) is 18.7. The summed E-state index contributed by atoms with van der Waals surface area (Å²) in [4.78, 5) is 11.6. The lowest BCUT2D eigenvalue weighted by Crippen LogP contribution is -2.36. The van der Waals surface area contributed by atoms with Crippen molar-refractivity contribution < 1.29 is 5.11 Å². The maximum Gasteiger partial charge on any atom is 0.151 e. The standard InChI is InChI=1S/C19H32N4O/c1-4-5-7-12-21-17-18-16(14(2)22-19(17)20)11-10-15(23(18)3)9-6-8-13-24/h12,15,24H,4-11,13H2,1-3H3,(H2,20,22). The monoisotopic (exact) mass is 332 g/mol. The predicted octanol–water partition coefficient (Wildman–Crippen LogP) is 3.78. The van der Waals surface area contributed by atoms with Gasteiger partial charge in [0.2, 0.25) is 0 Å². The highest BCUT2D eigenvalue weighted by molar-refractivity contribution is 5.84. The number of aryl methyl sites for hydroxylation is 1. The SMILES string of the molecule is CCCCC=Nc1c(N)nc(C)c2c1N(C)C(CCCCO)CC2. The minimum absolute atomic E-state index is 0.274. The Hall–Kier alpha value is -1.62. The van der Waals surface area contributed by atoms with E-state index in [9.17, 15) is 0 Å². The summed E-state index contributed by atoms with van der Waals surface area (Å²) < 4.78 is 0. The predicted molar refractivity (Wildman–Crippen MR) is 103 cm³/mol. The fourth-order valence-corrected chi connectivity index (χ4v) is 3.51. The maximum atomic E-state index is 9.02. The number of nitrogens with zero attached hydrogens (tertiary/aromatic N) is 3. The summed E-state index contributed by atoms with van der Waals surface area (Å²) in [7, 11) is 2.14. The molecule has 134 valence electrons. The van der Waals surface area contributed by atoms with Crippen LogP contribution in [-0.2, 0) is 6.42 Å². The molecule has 0 saturated carbocycles. The Morgan fingerprint density at radius 3 is 2.88 bits per heavy atom. The summed E-state index contributed by atoms with van der Waals surface area (Å²) in [6, 6.07) is 0.481. The molecule has 0 fully saturated rings. The number of fused-ring (bicyclic) bond motifs is 1. The van der Waals surface area contributed by atoms with Crippen molar-refractivity contribution in [1.29, 1.82) is 0 Å². The van der Waals surface area contributed by atoms with Gasteiger partial charge in [-0.3, -0.25) is 4.99 Å². The molecule has 0 aliphatic carbocycles. The third-order valence-electron chi connectivity index (χ3n) is 4.96. The van der Waals surface area contributed by atoms with Gasteiger partial charge in [0.05, 0.1) is 5.69 Å². The summed E-state index contributed by atoms with van der Waals surface area (Å²) in [5, 5.41) is 9.02. The van der Waals surface area contributed by atoms with Crippen LogP contribution in [0.25, 0.3) is 0 Å². The highest BCUT2D eigenvalue weighted by Crippen LogP contribution is 2.42. The average Bonchev–Trinajstić information content (AvgIpc) is 2.56. The van der Waals surface area contributed by atoms with E-state index >= 15 is 0 Å². The van der Waals surface area contributed by atoms with E-state index in [1.54, 1.807) is 0 Å². The van der Waals surface area contributed by atoms with Crippen molar-refractivity contribution in [2.24, 2.45) is 4.99 Å². The van der Waals surface area contributed by atoms with Crippen molar-refractivity contribution in [3.8, 4) is 0 Å². The van der Waals surface area contributed by atoms with Crippen LogP contribution < -0.4 is 10.6 Å². The van der Waals surface area contributed by atoms with E-state index < -0.39 is 0 Å². The number of aromatic nitrogens is 1. The van der Waals surface area contributed by atoms with Crippen LogP contribution in [0.2, 0.25) is 0 Å². The largest absolute Gasteiger partial charge is 0.396 e. The first-order valence-corrected chi connectivity index (χ1v) is 9.25. The Balaban J connectivity index is 2.29. The molecule has 5 nitrogen and oxygen atoms in total. The molecule has 1 aromatic rings. The minimum atomic E-state index is 0.274. The van der Waals surface area contributed by atoms with Crippen LogP contribution in [0.15, 0.2) is 4.99 Å².